The van der Waals surface area contributed by atoms with Crippen LogP contribution >= 0.6 is 0 Å². The highest BCUT2D eigenvalue weighted by Crippen LogP contribution is 2.28. The number of anilines is 2. The molecule has 1 fully saturated rings. The van der Waals surface area contributed by atoms with E-state index < -0.39 is 11.7 Å². The maximum absolute atomic E-state index is 13.8. The van der Waals surface area contributed by atoms with E-state index in [0.29, 0.717) is 0 Å². The average molecular weight is 369 g/mol. The first-order valence-electron chi connectivity index (χ1n) is 8.78. The fourth-order valence-corrected chi connectivity index (χ4v) is 3.47. The summed E-state index contributed by atoms with van der Waals surface area (Å²) < 4.78 is 13.8. The van der Waals surface area contributed by atoms with Gasteiger partial charge >= 0.3 is 0 Å². The number of pyridine rings is 1. The Balaban J connectivity index is 1.44. The van der Waals surface area contributed by atoms with Crippen molar-refractivity contribution >= 4 is 28.6 Å². The molecule has 1 amide bonds. The first kappa shape index (κ1) is 17.2. The van der Waals surface area contributed by atoms with Gasteiger partial charge in [-0.15, -0.1) is 0 Å². The monoisotopic (exact) mass is 369 g/mol. The molecule has 0 unspecified atom stereocenters. The normalized spacial score (nSPS) is 15.3. The predicted molar refractivity (Wildman–Crippen MR) is 99.9 cm³/mol. The van der Waals surface area contributed by atoms with Gasteiger partial charge in [-0.05, 0) is 31.4 Å². The van der Waals surface area contributed by atoms with Crippen molar-refractivity contribution in [2.75, 3.05) is 23.7 Å². The molecule has 1 aliphatic rings. The van der Waals surface area contributed by atoms with Crippen molar-refractivity contribution in [3.05, 3.63) is 41.7 Å². The van der Waals surface area contributed by atoms with Crippen molar-refractivity contribution in [1.82, 2.24) is 25.3 Å². The number of carbonyl (C=O) groups is 1. The Morgan fingerprint density at radius 2 is 2.11 bits per heavy atom. The zero-order chi connectivity index (χ0) is 19.0. The molecule has 140 valence electrons. The molecule has 4 N–H and O–H groups in total. The van der Waals surface area contributed by atoms with Gasteiger partial charge in [0.05, 0.1) is 17.1 Å². The van der Waals surface area contributed by atoms with E-state index >= 15 is 0 Å². The number of carbonyl (C=O) groups excluding carboxylic acids is 1. The van der Waals surface area contributed by atoms with Crippen LogP contribution in [0.5, 0.6) is 0 Å². The molecule has 4 heterocycles. The van der Waals surface area contributed by atoms with Gasteiger partial charge in [0.2, 0.25) is 0 Å². The third kappa shape index (κ3) is 3.27. The topological polar surface area (TPSA) is 113 Å². The van der Waals surface area contributed by atoms with Gasteiger partial charge < -0.3 is 20.9 Å². The second kappa shape index (κ2) is 6.82. The summed E-state index contributed by atoms with van der Waals surface area (Å²) in [5.74, 6) is -0.126. The van der Waals surface area contributed by atoms with E-state index in [9.17, 15) is 9.18 Å². The number of halogens is 1. The molecule has 0 aromatic carbocycles. The van der Waals surface area contributed by atoms with Crippen LogP contribution in [0.4, 0.5) is 16.0 Å². The number of nitrogens with zero attached hydrogens (tertiary/aromatic N) is 4. The molecule has 0 atom stereocenters. The molecule has 8 nitrogen and oxygen atoms in total. The van der Waals surface area contributed by atoms with E-state index in [1.165, 1.54) is 6.07 Å². The zero-order valence-corrected chi connectivity index (χ0v) is 14.9. The van der Waals surface area contributed by atoms with Crippen LogP contribution in [0.1, 0.15) is 28.8 Å². The number of aromatic nitrogens is 4. The highest BCUT2D eigenvalue weighted by Gasteiger charge is 2.25. The standard InChI is InChI=1S/C18H20FN7O/c1-10-7-22-16-15(10)17(24-9-23-16)26-4-2-11(3-5-26)25-18(27)12-6-14(20)21-8-13(12)19/h6-9,11H,2-5H2,1H3,(H2,20,21)(H,25,27)(H,22,23,24). The molecule has 9 heteroatoms. The van der Waals surface area contributed by atoms with E-state index in [0.717, 1.165) is 54.5 Å². The summed E-state index contributed by atoms with van der Waals surface area (Å²) in [6.45, 7) is 3.50. The minimum Gasteiger partial charge on any atom is -0.384 e. The van der Waals surface area contributed by atoms with Crippen LogP contribution in [0.3, 0.4) is 0 Å². The molecule has 27 heavy (non-hydrogen) atoms. The summed E-state index contributed by atoms with van der Waals surface area (Å²) >= 11 is 0. The van der Waals surface area contributed by atoms with Crippen molar-refractivity contribution in [2.24, 2.45) is 0 Å². The Labute approximate surface area is 155 Å². The van der Waals surface area contributed by atoms with Crippen LogP contribution in [0.2, 0.25) is 0 Å². The fraction of sp³-hybridized carbons (Fsp3) is 0.333. The largest absolute Gasteiger partial charge is 0.384 e. The van der Waals surface area contributed by atoms with E-state index in [4.69, 9.17) is 5.73 Å². The molecule has 4 rings (SSSR count). The lowest BCUT2D eigenvalue weighted by Gasteiger charge is -2.33. The lowest BCUT2D eigenvalue weighted by atomic mass is 10.0. The molecule has 3 aromatic rings. The van der Waals surface area contributed by atoms with Gasteiger partial charge in [0, 0.05) is 25.3 Å². The summed E-state index contributed by atoms with van der Waals surface area (Å²) in [5.41, 5.74) is 7.39. The minimum atomic E-state index is -0.676. The molecule has 0 saturated carbocycles. The van der Waals surface area contributed by atoms with Gasteiger partial charge in [0.25, 0.3) is 5.91 Å². The Morgan fingerprint density at radius 1 is 1.33 bits per heavy atom. The Hall–Kier alpha value is -3.23. The summed E-state index contributed by atoms with van der Waals surface area (Å²) in [4.78, 5) is 30.0. The maximum atomic E-state index is 13.8. The van der Waals surface area contributed by atoms with Crippen LogP contribution in [0, 0.1) is 12.7 Å². The van der Waals surface area contributed by atoms with E-state index in [2.05, 4.69) is 30.2 Å². The van der Waals surface area contributed by atoms with Crippen molar-refractivity contribution in [1.29, 1.82) is 0 Å². The van der Waals surface area contributed by atoms with Gasteiger partial charge in [-0.3, -0.25) is 4.79 Å². The minimum absolute atomic E-state index is 0.0350. The molecular weight excluding hydrogens is 349 g/mol. The lowest BCUT2D eigenvalue weighted by molar-refractivity contribution is 0.0927. The molecule has 3 aromatic heterocycles. The highest BCUT2D eigenvalue weighted by atomic mass is 19.1. The van der Waals surface area contributed by atoms with Crippen LogP contribution in [-0.4, -0.2) is 45.0 Å². The van der Waals surface area contributed by atoms with Gasteiger partial charge in [-0.25, -0.2) is 19.3 Å². The van der Waals surface area contributed by atoms with E-state index in [1.54, 1.807) is 6.33 Å². The van der Waals surface area contributed by atoms with Crippen molar-refractivity contribution < 1.29 is 9.18 Å². The molecule has 0 spiro atoms. The molecule has 0 aliphatic carbocycles. The number of aryl methyl sites for hydroxylation is 1. The summed E-state index contributed by atoms with van der Waals surface area (Å²) in [5, 5.41) is 3.91. The molecule has 0 bridgehead atoms. The van der Waals surface area contributed by atoms with Gasteiger partial charge in [-0.1, -0.05) is 0 Å². The number of hydrogen-bond acceptors (Lipinski definition) is 6. The number of nitrogens with one attached hydrogen (secondary N) is 2. The molecule has 1 saturated heterocycles. The maximum Gasteiger partial charge on any atom is 0.254 e. The van der Waals surface area contributed by atoms with Crippen molar-refractivity contribution in [3.8, 4) is 0 Å². The van der Waals surface area contributed by atoms with E-state index in [-0.39, 0.29) is 17.4 Å². The summed E-state index contributed by atoms with van der Waals surface area (Å²) in [6, 6.07) is 1.22. The average Bonchev–Trinajstić information content (AvgIpc) is 3.05. The first-order valence-corrected chi connectivity index (χ1v) is 8.78. The SMILES string of the molecule is Cc1c[nH]c2ncnc(N3CCC(NC(=O)c4cc(N)ncc4F)CC3)c12. The molecule has 1 aliphatic heterocycles. The summed E-state index contributed by atoms with van der Waals surface area (Å²) in [6.07, 6.45) is 5.92. The second-order valence-corrected chi connectivity index (χ2v) is 6.72. The third-order valence-electron chi connectivity index (χ3n) is 4.90. The number of aromatic amines is 1. The Bertz CT molecular complexity index is 995. The fourth-order valence-electron chi connectivity index (χ4n) is 3.47. The number of nitrogens with two attached hydrogens (primary N) is 1. The second-order valence-electron chi connectivity index (χ2n) is 6.72. The number of piperidine rings is 1. The number of amides is 1. The van der Waals surface area contributed by atoms with E-state index in [1.807, 2.05) is 13.1 Å². The van der Waals surface area contributed by atoms with Gasteiger partial charge in [0.15, 0.2) is 5.82 Å². The zero-order valence-electron chi connectivity index (χ0n) is 14.9. The predicted octanol–water partition coefficient (Wildman–Crippen LogP) is 1.78. The Morgan fingerprint density at radius 3 is 2.89 bits per heavy atom. The lowest BCUT2D eigenvalue weighted by Crippen LogP contribution is -2.45. The quantitative estimate of drug-likeness (QED) is 0.649. The number of fused-ring (bicyclic) bond motifs is 1. The van der Waals surface area contributed by atoms with Crippen molar-refractivity contribution in [2.45, 2.75) is 25.8 Å². The molecule has 0 radical (unpaired) electrons. The number of H-pyrrole nitrogens is 1. The summed E-state index contributed by atoms with van der Waals surface area (Å²) in [7, 11) is 0. The van der Waals surface area contributed by atoms with Gasteiger partial charge in [0.1, 0.15) is 23.6 Å². The smallest absolute Gasteiger partial charge is 0.254 e. The van der Waals surface area contributed by atoms with Gasteiger partial charge in [-0.2, -0.15) is 0 Å². The van der Waals surface area contributed by atoms with Crippen molar-refractivity contribution in [3.63, 3.8) is 0 Å². The number of hydrogen-bond donors (Lipinski definition) is 3. The number of rotatable bonds is 3. The van der Waals surface area contributed by atoms with Crippen LogP contribution in [-0.2, 0) is 0 Å². The number of nitrogen functional groups attached to an aromatic ring is 1. The highest BCUT2D eigenvalue weighted by molar-refractivity contribution is 5.95. The molecular formula is C18H20FN7O. The Kier molecular flexibility index (Phi) is 4.35. The van der Waals surface area contributed by atoms with Crippen LogP contribution < -0.4 is 16.0 Å². The van der Waals surface area contributed by atoms with Crippen LogP contribution in [0.25, 0.3) is 11.0 Å². The first-order chi connectivity index (χ1) is 13.0. The van der Waals surface area contributed by atoms with Crippen LogP contribution in [0.15, 0.2) is 24.8 Å². The third-order valence-corrected chi connectivity index (χ3v) is 4.90.